The molecule has 9 heteroatoms. The predicted octanol–water partition coefficient (Wildman–Crippen LogP) is 2.40. The van der Waals surface area contributed by atoms with Gasteiger partial charge in [0.15, 0.2) is 0 Å². The van der Waals surface area contributed by atoms with Crippen LogP contribution in [-0.4, -0.2) is 25.0 Å². The van der Waals surface area contributed by atoms with Crippen LogP contribution in [0.3, 0.4) is 0 Å². The van der Waals surface area contributed by atoms with Gasteiger partial charge in [0.2, 0.25) is 0 Å². The zero-order valence-corrected chi connectivity index (χ0v) is 10.5. The maximum Gasteiger partial charge on any atom is 0.534 e. The summed E-state index contributed by atoms with van der Waals surface area (Å²) in [5, 5.41) is 7.72. The first kappa shape index (κ1) is 17.2. The van der Waals surface area contributed by atoms with E-state index >= 15 is 0 Å². The fraction of sp³-hybridized carbons (Fsp3) is 0.300. The number of halogens is 3. The minimum atomic E-state index is -5.55. The molecule has 0 aromatic heterocycles. The number of benzene rings is 1. The van der Waals surface area contributed by atoms with Crippen molar-refractivity contribution in [3.05, 3.63) is 30.3 Å². The van der Waals surface area contributed by atoms with Crippen LogP contribution in [0.15, 0.2) is 30.3 Å². The second kappa shape index (κ2) is 6.98. The summed E-state index contributed by atoms with van der Waals surface area (Å²) in [4.78, 5) is 9.37. The molecule has 0 bridgehead atoms. The number of carbonyl (C=O) groups is 1. The van der Waals surface area contributed by atoms with E-state index < -0.39 is 21.6 Å². The molecule has 1 aromatic carbocycles. The Morgan fingerprint density at radius 2 is 1.68 bits per heavy atom. The highest BCUT2D eigenvalue weighted by Crippen LogP contribution is 2.26. The van der Waals surface area contributed by atoms with Gasteiger partial charge in [0.25, 0.3) is 0 Å². The molecule has 0 aliphatic rings. The van der Waals surface area contributed by atoms with E-state index in [0.717, 1.165) is 12.1 Å². The Hall–Kier alpha value is -1.77. The maximum absolute atomic E-state index is 11.8. The lowest BCUT2D eigenvalue weighted by atomic mass is 10.3. The minimum Gasteiger partial charge on any atom is -0.481 e. The number of carboxylic acids is 1. The van der Waals surface area contributed by atoms with Crippen LogP contribution < -0.4 is 4.18 Å². The van der Waals surface area contributed by atoms with E-state index in [4.69, 9.17) is 5.11 Å². The van der Waals surface area contributed by atoms with Crippen LogP contribution in [-0.2, 0) is 14.9 Å². The third kappa shape index (κ3) is 6.65. The summed E-state index contributed by atoms with van der Waals surface area (Å²) in [6, 6.07) is 6.47. The predicted molar refractivity (Wildman–Crippen MR) is 60.0 cm³/mol. The number of hydrogen-bond acceptors (Lipinski definition) is 4. The van der Waals surface area contributed by atoms with E-state index in [9.17, 15) is 26.4 Å². The fourth-order valence-corrected chi connectivity index (χ4v) is 1.11. The fourth-order valence-electron chi connectivity index (χ4n) is 0.650. The Labute approximate surface area is 107 Å². The zero-order chi connectivity index (χ0) is 15.1. The number of para-hydroxylation sites is 1. The molecule has 1 aromatic rings. The lowest BCUT2D eigenvalue weighted by molar-refractivity contribution is -0.136. The Kier molecular flexibility index (Phi) is 6.33. The Bertz CT molecular complexity index is 496. The molecule has 0 aliphatic heterocycles. The van der Waals surface area contributed by atoms with Gasteiger partial charge in [0.1, 0.15) is 5.75 Å². The van der Waals surface area contributed by atoms with E-state index in [1.165, 1.54) is 18.2 Å². The molecular weight excluding hydrogens is 289 g/mol. The van der Waals surface area contributed by atoms with Crippen molar-refractivity contribution in [2.45, 2.75) is 18.9 Å². The van der Waals surface area contributed by atoms with Crippen molar-refractivity contribution in [3.8, 4) is 5.75 Å². The van der Waals surface area contributed by atoms with Crippen LogP contribution in [0.1, 0.15) is 13.3 Å². The van der Waals surface area contributed by atoms with Crippen molar-refractivity contribution in [1.82, 2.24) is 0 Å². The summed E-state index contributed by atoms with van der Waals surface area (Å²) >= 11 is 0. The molecule has 1 rings (SSSR count). The standard InChI is InChI=1S/C7H5F3O3S.C3H6O2/c8-7(9,10)14(11,12)13-6-4-2-1-3-5-6;1-2-3(4)5/h1-5H;2H2,1H3,(H,4,5). The molecule has 19 heavy (non-hydrogen) atoms. The SMILES string of the molecule is CCC(=O)O.O=S(=O)(Oc1ccccc1)C(F)(F)F. The number of hydrogen-bond donors (Lipinski definition) is 1. The lowest BCUT2D eigenvalue weighted by Crippen LogP contribution is -2.27. The van der Waals surface area contributed by atoms with Crippen molar-refractivity contribution in [2.75, 3.05) is 0 Å². The van der Waals surface area contributed by atoms with Crippen LogP contribution >= 0.6 is 0 Å². The number of rotatable bonds is 3. The second-order valence-corrected chi connectivity index (χ2v) is 4.58. The molecule has 5 nitrogen and oxygen atoms in total. The molecule has 0 fully saturated rings. The van der Waals surface area contributed by atoms with E-state index in [2.05, 4.69) is 4.18 Å². The molecule has 0 atom stereocenters. The van der Waals surface area contributed by atoms with Gasteiger partial charge >= 0.3 is 21.6 Å². The maximum atomic E-state index is 11.8. The first-order chi connectivity index (χ1) is 8.60. The molecule has 0 heterocycles. The monoisotopic (exact) mass is 300 g/mol. The largest absolute Gasteiger partial charge is 0.534 e. The first-order valence-electron chi connectivity index (χ1n) is 4.87. The molecule has 0 unspecified atom stereocenters. The smallest absolute Gasteiger partial charge is 0.481 e. The molecule has 0 saturated carbocycles. The molecule has 1 N–H and O–H groups in total. The van der Waals surface area contributed by atoms with Crippen LogP contribution in [0.2, 0.25) is 0 Å². The third-order valence-electron chi connectivity index (χ3n) is 1.54. The molecule has 0 amide bonds. The highest BCUT2D eigenvalue weighted by atomic mass is 32.2. The minimum absolute atomic E-state index is 0.222. The zero-order valence-electron chi connectivity index (χ0n) is 9.72. The summed E-state index contributed by atoms with van der Waals surface area (Å²) in [7, 11) is -5.55. The van der Waals surface area contributed by atoms with Gasteiger partial charge in [0.05, 0.1) is 0 Å². The molecule has 0 aliphatic carbocycles. The first-order valence-corrected chi connectivity index (χ1v) is 6.28. The van der Waals surface area contributed by atoms with Crippen molar-refractivity contribution in [3.63, 3.8) is 0 Å². The third-order valence-corrected chi connectivity index (χ3v) is 2.51. The van der Waals surface area contributed by atoms with Crippen LogP contribution in [0, 0.1) is 0 Å². The van der Waals surface area contributed by atoms with Crippen LogP contribution in [0.5, 0.6) is 5.75 Å². The van der Waals surface area contributed by atoms with E-state index in [1.54, 1.807) is 6.92 Å². The highest BCUT2D eigenvalue weighted by molar-refractivity contribution is 7.87. The van der Waals surface area contributed by atoms with Gasteiger partial charge in [0, 0.05) is 6.42 Å². The van der Waals surface area contributed by atoms with E-state index in [0.29, 0.717) is 0 Å². The Balaban J connectivity index is 0.000000555. The summed E-state index contributed by atoms with van der Waals surface area (Å²) in [5.41, 5.74) is -5.40. The summed E-state index contributed by atoms with van der Waals surface area (Å²) in [5.74, 6) is -1.12. The summed E-state index contributed by atoms with van der Waals surface area (Å²) in [6.07, 6.45) is 0.222. The van der Waals surface area contributed by atoms with Gasteiger partial charge in [-0.15, -0.1) is 0 Å². The van der Waals surface area contributed by atoms with Gasteiger partial charge in [-0.2, -0.15) is 21.6 Å². The van der Waals surface area contributed by atoms with Crippen molar-refractivity contribution >= 4 is 16.1 Å². The van der Waals surface area contributed by atoms with Gasteiger partial charge in [-0.05, 0) is 12.1 Å². The molecule has 0 spiro atoms. The van der Waals surface area contributed by atoms with Crippen molar-refractivity contribution < 1.29 is 35.7 Å². The average Bonchev–Trinajstić information content (AvgIpc) is 2.29. The number of aliphatic carboxylic acids is 1. The quantitative estimate of drug-likeness (QED) is 0.685. The summed E-state index contributed by atoms with van der Waals surface area (Å²) in [6.45, 7) is 1.60. The van der Waals surface area contributed by atoms with Crippen LogP contribution in [0.25, 0.3) is 0 Å². The molecule has 0 radical (unpaired) electrons. The average molecular weight is 300 g/mol. The van der Waals surface area contributed by atoms with Crippen molar-refractivity contribution in [1.29, 1.82) is 0 Å². The van der Waals surface area contributed by atoms with Crippen LogP contribution in [0.4, 0.5) is 13.2 Å². The van der Waals surface area contributed by atoms with E-state index in [1.807, 2.05) is 0 Å². The van der Waals surface area contributed by atoms with Gasteiger partial charge < -0.3 is 9.29 Å². The molecular formula is C10H11F3O5S. The molecule has 0 saturated heterocycles. The topological polar surface area (TPSA) is 80.7 Å². The van der Waals surface area contributed by atoms with Gasteiger partial charge in [-0.3, -0.25) is 4.79 Å². The number of carboxylic acid groups (broad SMARTS) is 1. The number of alkyl halides is 3. The normalized spacial score (nSPS) is 11.2. The molecule has 108 valence electrons. The highest BCUT2D eigenvalue weighted by Gasteiger charge is 2.48. The summed E-state index contributed by atoms with van der Waals surface area (Å²) < 4.78 is 60.2. The lowest BCUT2D eigenvalue weighted by Gasteiger charge is -2.08. The van der Waals surface area contributed by atoms with Crippen molar-refractivity contribution in [2.24, 2.45) is 0 Å². The van der Waals surface area contributed by atoms with Gasteiger partial charge in [-0.25, -0.2) is 0 Å². The second-order valence-electron chi connectivity index (χ2n) is 3.04. The van der Waals surface area contributed by atoms with Gasteiger partial charge in [-0.1, -0.05) is 25.1 Å². The Morgan fingerprint density at radius 3 is 2.00 bits per heavy atom. The Morgan fingerprint density at radius 1 is 1.26 bits per heavy atom. The van der Waals surface area contributed by atoms with E-state index in [-0.39, 0.29) is 12.2 Å².